The Kier molecular flexibility index (Phi) is 4.39. The van der Waals surface area contributed by atoms with Crippen molar-refractivity contribution in [2.45, 2.75) is 44.8 Å². The van der Waals surface area contributed by atoms with Gasteiger partial charge in [-0.25, -0.2) is 0 Å². The zero-order valence-corrected chi connectivity index (χ0v) is 13.7. The van der Waals surface area contributed by atoms with Gasteiger partial charge in [-0.15, -0.1) is 0 Å². The van der Waals surface area contributed by atoms with E-state index in [0.29, 0.717) is 0 Å². The summed E-state index contributed by atoms with van der Waals surface area (Å²) >= 11 is 0. The van der Waals surface area contributed by atoms with E-state index in [2.05, 4.69) is 16.9 Å². The number of piperazine rings is 1. The zero-order valence-electron chi connectivity index (χ0n) is 13.7. The van der Waals surface area contributed by atoms with Crippen LogP contribution in [0.4, 0.5) is 0 Å². The standard InChI is InChI=1S/C15H27N5O/c1-6-12(16)13(11-9-17-19(5)10-11)20-8-7-18(4)14(21)15(20,2)3/h9-10,12-13H,6-8,16H2,1-5H3. The molecule has 1 saturated heterocycles. The average Bonchev–Trinajstić information content (AvgIpc) is 2.85. The number of carbonyl (C=O) groups excluding carboxylic acids is 1. The van der Waals surface area contributed by atoms with Crippen molar-refractivity contribution in [1.29, 1.82) is 0 Å². The Morgan fingerprint density at radius 2 is 2.05 bits per heavy atom. The van der Waals surface area contributed by atoms with E-state index in [9.17, 15) is 4.79 Å². The second-order valence-corrected chi connectivity index (χ2v) is 6.44. The highest BCUT2D eigenvalue weighted by atomic mass is 16.2. The van der Waals surface area contributed by atoms with Gasteiger partial charge in [-0.2, -0.15) is 5.10 Å². The third-order valence-corrected chi connectivity index (χ3v) is 4.54. The van der Waals surface area contributed by atoms with E-state index >= 15 is 0 Å². The van der Waals surface area contributed by atoms with Crippen LogP contribution < -0.4 is 5.73 Å². The fraction of sp³-hybridized carbons (Fsp3) is 0.733. The van der Waals surface area contributed by atoms with E-state index < -0.39 is 5.54 Å². The molecule has 118 valence electrons. The maximum absolute atomic E-state index is 12.5. The predicted molar refractivity (Wildman–Crippen MR) is 82.6 cm³/mol. The van der Waals surface area contributed by atoms with Crippen LogP contribution in [0.2, 0.25) is 0 Å². The molecule has 0 spiro atoms. The molecule has 0 aromatic carbocycles. The molecule has 2 unspecified atom stereocenters. The lowest BCUT2D eigenvalue weighted by Gasteiger charge is -2.49. The second-order valence-electron chi connectivity index (χ2n) is 6.44. The number of carbonyl (C=O) groups is 1. The number of hydrogen-bond acceptors (Lipinski definition) is 4. The molecule has 1 fully saturated rings. The third kappa shape index (κ3) is 2.82. The fourth-order valence-corrected chi connectivity index (χ4v) is 3.19. The first-order valence-electron chi connectivity index (χ1n) is 7.55. The fourth-order valence-electron chi connectivity index (χ4n) is 3.19. The van der Waals surface area contributed by atoms with Crippen LogP contribution in [-0.2, 0) is 11.8 Å². The van der Waals surface area contributed by atoms with Crippen LogP contribution >= 0.6 is 0 Å². The quantitative estimate of drug-likeness (QED) is 0.889. The smallest absolute Gasteiger partial charge is 0.242 e. The minimum atomic E-state index is -0.555. The van der Waals surface area contributed by atoms with E-state index in [1.165, 1.54) is 0 Å². The number of amides is 1. The van der Waals surface area contributed by atoms with Gasteiger partial charge in [-0.05, 0) is 20.3 Å². The van der Waals surface area contributed by atoms with Crippen LogP contribution in [0.1, 0.15) is 38.8 Å². The Hall–Kier alpha value is -1.40. The number of rotatable bonds is 4. The molecule has 2 rings (SSSR count). The summed E-state index contributed by atoms with van der Waals surface area (Å²) in [7, 11) is 3.76. The summed E-state index contributed by atoms with van der Waals surface area (Å²) in [4.78, 5) is 16.6. The molecule has 2 N–H and O–H groups in total. The first-order valence-corrected chi connectivity index (χ1v) is 7.55. The van der Waals surface area contributed by atoms with Crippen molar-refractivity contribution in [2.75, 3.05) is 20.1 Å². The summed E-state index contributed by atoms with van der Waals surface area (Å²) in [6, 6.07) is -0.0129. The molecule has 0 bridgehead atoms. The number of hydrogen-bond donors (Lipinski definition) is 1. The number of aromatic nitrogens is 2. The summed E-state index contributed by atoms with van der Waals surface area (Å²) in [6.45, 7) is 7.60. The number of nitrogens with zero attached hydrogens (tertiary/aromatic N) is 4. The first-order chi connectivity index (χ1) is 9.78. The van der Waals surface area contributed by atoms with Gasteiger partial charge in [0.15, 0.2) is 0 Å². The average molecular weight is 293 g/mol. The molecule has 6 heteroatoms. The van der Waals surface area contributed by atoms with Crippen LogP contribution in [0.5, 0.6) is 0 Å². The van der Waals surface area contributed by atoms with Gasteiger partial charge in [0.05, 0.1) is 17.8 Å². The lowest BCUT2D eigenvalue weighted by molar-refractivity contribution is -0.150. The third-order valence-electron chi connectivity index (χ3n) is 4.54. The summed E-state index contributed by atoms with van der Waals surface area (Å²) in [5.41, 5.74) is 6.91. The summed E-state index contributed by atoms with van der Waals surface area (Å²) in [5.74, 6) is 0.144. The molecule has 1 aromatic rings. The lowest BCUT2D eigenvalue weighted by atomic mass is 9.89. The molecule has 0 radical (unpaired) electrons. The number of nitrogens with two attached hydrogens (primary N) is 1. The summed E-state index contributed by atoms with van der Waals surface area (Å²) in [6.07, 6.45) is 4.72. The molecule has 0 saturated carbocycles. The van der Waals surface area contributed by atoms with E-state index in [0.717, 1.165) is 25.1 Å². The molecular weight excluding hydrogens is 266 g/mol. The van der Waals surface area contributed by atoms with Crippen LogP contribution in [0.25, 0.3) is 0 Å². The van der Waals surface area contributed by atoms with Crippen LogP contribution in [0, 0.1) is 0 Å². The highest BCUT2D eigenvalue weighted by Crippen LogP contribution is 2.34. The van der Waals surface area contributed by atoms with Crippen molar-refractivity contribution in [3.05, 3.63) is 18.0 Å². The van der Waals surface area contributed by atoms with Crippen molar-refractivity contribution in [1.82, 2.24) is 19.6 Å². The predicted octanol–water partition coefficient (Wildman–Crippen LogP) is 0.751. The monoisotopic (exact) mass is 293 g/mol. The van der Waals surface area contributed by atoms with Crippen molar-refractivity contribution in [3.8, 4) is 0 Å². The maximum Gasteiger partial charge on any atom is 0.242 e. The zero-order chi connectivity index (χ0) is 15.8. The van der Waals surface area contributed by atoms with Crippen molar-refractivity contribution in [3.63, 3.8) is 0 Å². The van der Waals surface area contributed by atoms with Gasteiger partial charge >= 0.3 is 0 Å². The Bertz CT molecular complexity index is 510. The molecule has 21 heavy (non-hydrogen) atoms. The topological polar surface area (TPSA) is 67.4 Å². The molecule has 1 amide bonds. The van der Waals surface area contributed by atoms with Crippen molar-refractivity contribution in [2.24, 2.45) is 12.8 Å². The number of aryl methyl sites for hydroxylation is 1. The van der Waals surface area contributed by atoms with Crippen molar-refractivity contribution >= 4 is 5.91 Å². The highest BCUT2D eigenvalue weighted by molar-refractivity contribution is 5.86. The molecule has 2 atom stereocenters. The SMILES string of the molecule is CCC(N)C(c1cnn(C)c1)N1CCN(C)C(=O)C1(C)C. The normalized spacial score (nSPS) is 22.4. The lowest BCUT2D eigenvalue weighted by Crippen LogP contribution is -2.64. The molecule has 6 nitrogen and oxygen atoms in total. The minimum Gasteiger partial charge on any atom is -0.343 e. The van der Waals surface area contributed by atoms with Gasteiger partial charge in [0.1, 0.15) is 0 Å². The molecule has 1 aliphatic heterocycles. The molecular formula is C15H27N5O. The summed E-state index contributed by atoms with van der Waals surface area (Å²) in [5, 5.41) is 4.27. The Morgan fingerprint density at radius 3 is 2.57 bits per heavy atom. The van der Waals surface area contributed by atoms with Crippen LogP contribution in [0.15, 0.2) is 12.4 Å². The van der Waals surface area contributed by atoms with E-state index in [1.807, 2.05) is 40.3 Å². The molecule has 0 aliphatic carbocycles. The summed E-state index contributed by atoms with van der Waals surface area (Å²) < 4.78 is 1.79. The van der Waals surface area contributed by atoms with Gasteiger partial charge in [-0.3, -0.25) is 14.4 Å². The van der Waals surface area contributed by atoms with Gasteiger partial charge in [-0.1, -0.05) is 6.92 Å². The molecule has 1 aromatic heterocycles. The van der Waals surface area contributed by atoms with E-state index in [-0.39, 0.29) is 18.0 Å². The molecule has 2 heterocycles. The van der Waals surface area contributed by atoms with Gasteiger partial charge < -0.3 is 10.6 Å². The molecule has 1 aliphatic rings. The highest BCUT2D eigenvalue weighted by Gasteiger charge is 2.45. The Balaban J connectivity index is 2.39. The van der Waals surface area contributed by atoms with Crippen molar-refractivity contribution < 1.29 is 4.79 Å². The van der Waals surface area contributed by atoms with Crippen LogP contribution in [0.3, 0.4) is 0 Å². The second kappa shape index (κ2) is 5.77. The van der Waals surface area contributed by atoms with E-state index in [1.54, 1.807) is 9.58 Å². The maximum atomic E-state index is 12.5. The van der Waals surface area contributed by atoms with E-state index in [4.69, 9.17) is 5.73 Å². The minimum absolute atomic E-state index is 0.0105. The van der Waals surface area contributed by atoms with Crippen LogP contribution in [-0.4, -0.2) is 57.2 Å². The Morgan fingerprint density at radius 1 is 1.38 bits per heavy atom. The largest absolute Gasteiger partial charge is 0.343 e. The number of likely N-dealkylation sites (N-methyl/N-ethyl adjacent to an activating group) is 1. The Labute approximate surface area is 126 Å². The first kappa shape index (κ1) is 16.0. The van der Waals surface area contributed by atoms with Gasteiger partial charge in [0, 0.05) is 45.0 Å². The van der Waals surface area contributed by atoms with Gasteiger partial charge in [0.2, 0.25) is 5.91 Å². The van der Waals surface area contributed by atoms with Gasteiger partial charge in [0.25, 0.3) is 0 Å².